The van der Waals surface area contributed by atoms with Crippen molar-refractivity contribution in [1.29, 1.82) is 0 Å². The van der Waals surface area contributed by atoms with Gasteiger partial charge in [-0.05, 0) is 19.3 Å². The highest BCUT2D eigenvalue weighted by molar-refractivity contribution is 4.91. The molecule has 0 radical (unpaired) electrons. The molecule has 0 saturated heterocycles. The van der Waals surface area contributed by atoms with E-state index >= 15 is 0 Å². The molecule has 0 fully saturated rings. The second-order valence-electron chi connectivity index (χ2n) is 3.20. The van der Waals surface area contributed by atoms with Crippen LogP contribution in [-0.4, -0.2) is 24.4 Å². The van der Waals surface area contributed by atoms with Gasteiger partial charge in [-0.1, -0.05) is 25.0 Å². The van der Waals surface area contributed by atoms with Crippen LogP contribution in [0.25, 0.3) is 0 Å². The molecule has 0 aromatic rings. The molecule has 1 N–H and O–H groups in total. The Kier molecular flexibility index (Phi) is 5.04. The fraction of sp³-hybridized carbons (Fsp3) is 0.800. The van der Waals surface area contributed by atoms with Crippen molar-refractivity contribution in [3.63, 3.8) is 0 Å². The zero-order chi connectivity index (χ0) is 8.65. The van der Waals surface area contributed by atoms with E-state index in [2.05, 4.69) is 12.2 Å². The highest BCUT2D eigenvalue weighted by Gasteiger charge is 2.05. The Labute approximate surface area is 74.2 Å². The quantitative estimate of drug-likeness (QED) is 0.655. The van der Waals surface area contributed by atoms with Crippen LogP contribution in [0.15, 0.2) is 12.2 Å². The molecule has 0 saturated carbocycles. The Bertz CT molecular complexity index is 132. The minimum absolute atomic E-state index is 0.129. The molecule has 12 heavy (non-hydrogen) atoms. The van der Waals surface area contributed by atoms with Gasteiger partial charge < -0.3 is 9.84 Å². The number of ether oxygens (including phenoxy) is 1. The smallest absolute Gasteiger partial charge is 0.0757 e. The minimum atomic E-state index is 0.129. The molecular weight excluding hydrogens is 152 g/mol. The first-order valence-electron chi connectivity index (χ1n) is 4.82. The van der Waals surface area contributed by atoms with Gasteiger partial charge in [0.1, 0.15) is 0 Å². The first-order valence-corrected chi connectivity index (χ1v) is 4.82. The van der Waals surface area contributed by atoms with Gasteiger partial charge in [-0.15, -0.1) is 0 Å². The van der Waals surface area contributed by atoms with Crippen LogP contribution in [0.4, 0.5) is 0 Å². The molecule has 0 bridgehead atoms. The number of rotatable bonds is 3. The lowest BCUT2D eigenvalue weighted by molar-refractivity contribution is 0.0483. The third-order valence-corrected chi connectivity index (χ3v) is 2.13. The van der Waals surface area contributed by atoms with E-state index in [-0.39, 0.29) is 12.7 Å². The predicted octanol–water partition coefficient (Wildman–Crippen LogP) is 1.88. The van der Waals surface area contributed by atoms with Crippen LogP contribution < -0.4 is 0 Å². The van der Waals surface area contributed by atoms with Crippen LogP contribution in [-0.2, 0) is 4.74 Å². The summed E-state index contributed by atoms with van der Waals surface area (Å²) in [5.41, 5.74) is 0. The molecule has 1 atom stereocenters. The summed E-state index contributed by atoms with van der Waals surface area (Å²) in [4.78, 5) is 0. The van der Waals surface area contributed by atoms with Crippen molar-refractivity contribution in [1.82, 2.24) is 0 Å². The molecule has 0 aromatic heterocycles. The van der Waals surface area contributed by atoms with E-state index in [0.717, 1.165) is 6.42 Å². The number of allylic oxidation sites excluding steroid dienone is 1. The average molecular weight is 170 g/mol. The van der Waals surface area contributed by atoms with Gasteiger partial charge in [0.2, 0.25) is 0 Å². The highest BCUT2D eigenvalue weighted by atomic mass is 16.5. The number of aliphatic hydroxyl groups is 1. The maximum absolute atomic E-state index is 8.57. The first kappa shape index (κ1) is 9.75. The van der Waals surface area contributed by atoms with Crippen LogP contribution in [0.2, 0.25) is 0 Å². The fourth-order valence-corrected chi connectivity index (χ4v) is 1.47. The Hall–Kier alpha value is -0.340. The van der Waals surface area contributed by atoms with Gasteiger partial charge in [0.25, 0.3) is 0 Å². The molecule has 0 heterocycles. The highest BCUT2D eigenvalue weighted by Crippen LogP contribution is 2.13. The van der Waals surface area contributed by atoms with Crippen molar-refractivity contribution in [2.24, 2.45) is 0 Å². The van der Waals surface area contributed by atoms with E-state index in [4.69, 9.17) is 9.84 Å². The molecule has 0 aliphatic heterocycles. The number of aliphatic hydroxyl groups excluding tert-OH is 1. The molecule has 2 nitrogen and oxygen atoms in total. The Morgan fingerprint density at radius 3 is 3.08 bits per heavy atom. The predicted molar refractivity (Wildman–Crippen MR) is 49.1 cm³/mol. The second kappa shape index (κ2) is 6.21. The van der Waals surface area contributed by atoms with Gasteiger partial charge in [0, 0.05) is 0 Å². The largest absolute Gasteiger partial charge is 0.394 e. The molecule has 1 rings (SSSR count). The van der Waals surface area contributed by atoms with Crippen LogP contribution >= 0.6 is 0 Å². The molecule has 1 aliphatic carbocycles. The van der Waals surface area contributed by atoms with Gasteiger partial charge in [-0.2, -0.15) is 0 Å². The lowest BCUT2D eigenvalue weighted by Crippen LogP contribution is -2.13. The zero-order valence-corrected chi connectivity index (χ0v) is 7.54. The summed E-state index contributed by atoms with van der Waals surface area (Å²) in [7, 11) is 0. The Morgan fingerprint density at radius 1 is 1.33 bits per heavy atom. The molecule has 1 aliphatic rings. The third kappa shape index (κ3) is 3.88. The van der Waals surface area contributed by atoms with Gasteiger partial charge >= 0.3 is 0 Å². The summed E-state index contributed by atoms with van der Waals surface area (Å²) in [6.45, 7) is 0.597. The standard InChI is InChI=1S/C10H18O2/c11-8-9-12-10-6-4-2-1-3-5-7-10/h4,6,10-11H,1-3,5,7-9H2/b6-4-. The molecular formula is C10H18O2. The van der Waals surface area contributed by atoms with Gasteiger partial charge in [0.05, 0.1) is 19.3 Å². The third-order valence-electron chi connectivity index (χ3n) is 2.13. The summed E-state index contributed by atoms with van der Waals surface area (Å²) in [6, 6.07) is 0. The van der Waals surface area contributed by atoms with Gasteiger partial charge in [0.15, 0.2) is 0 Å². The number of hydrogen-bond acceptors (Lipinski definition) is 2. The fourth-order valence-electron chi connectivity index (χ4n) is 1.47. The zero-order valence-electron chi connectivity index (χ0n) is 7.54. The SMILES string of the molecule is OCCOC1/C=C\CCCCC1. The molecule has 0 aromatic carbocycles. The van der Waals surface area contributed by atoms with Crippen molar-refractivity contribution in [2.45, 2.75) is 38.2 Å². The summed E-state index contributed by atoms with van der Waals surface area (Å²) in [6.07, 6.45) is 10.7. The molecule has 1 unspecified atom stereocenters. The van der Waals surface area contributed by atoms with Gasteiger partial charge in [-0.3, -0.25) is 0 Å². The van der Waals surface area contributed by atoms with Crippen LogP contribution in [0.1, 0.15) is 32.1 Å². The first-order chi connectivity index (χ1) is 5.93. The summed E-state index contributed by atoms with van der Waals surface area (Å²) in [5.74, 6) is 0. The van der Waals surface area contributed by atoms with Crippen molar-refractivity contribution in [2.75, 3.05) is 13.2 Å². The maximum atomic E-state index is 8.57. The van der Waals surface area contributed by atoms with Gasteiger partial charge in [-0.25, -0.2) is 0 Å². The van der Waals surface area contributed by atoms with E-state index in [1.54, 1.807) is 0 Å². The van der Waals surface area contributed by atoms with Crippen LogP contribution in [0.3, 0.4) is 0 Å². The van der Waals surface area contributed by atoms with E-state index in [1.807, 2.05) is 0 Å². The van der Waals surface area contributed by atoms with E-state index in [0.29, 0.717) is 6.61 Å². The normalized spacial score (nSPS) is 27.6. The molecule has 2 heteroatoms. The summed E-state index contributed by atoms with van der Waals surface area (Å²) >= 11 is 0. The van der Waals surface area contributed by atoms with Crippen LogP contribution in [0.5, 0.6) is 0 Å². The van der Waals surface area contributed by atoms with Crippen molar-refractivity contribution in [3.8, 4) is 0 Å². The average Bonchev–Trinajstić information content (AvgIpc) is 2.02. The molecule has 70 valence electrons. The summed E-state index contributed by atoms with van der Waals surface area (Å²) in [5, 5.41) is 8.57. The topological polar surface area (TPSA) is 29.5 Å². The van der Waals surface area contributed by atoms with Crippen molar-refractivity contribution < 1.29 is 9.84 Å². The van der Waals surface area contributed by atoms with E-state index < -0.39 is 0 Å². The minimum Gasteiger partial charge on any atom is -0.394 e. The monoisotopic (exact) mass is 170 g/mol. The lowest BCUT2D eigenvalue weighted by atomic mass is 10.0. The molecule has 0 amide bonds. The van der Waals surface area contributed by atoms with Crippen molar-refractivity contribution >= 4 is 0 Å². The Morgan fingerprint density at radius 2 is 2.25 bits per heavy atom. The summed E-state index contributed by atoms with van der Waals surface area (Å²) < 4.78 is 5.43. The number of hydrogen-bond donors (Lipinski definition) is 1. The van der Waals surface area contributed by atoms with Crippen molar-refractivity contribution in [3.05, 3.63) is 12.2 Å². The lowest BCUT2D eigenvalue weighted by Gasteiger charge is -2.15. The van der Waals surface area contributed by atoms with E-state index in [1.165, 1.54) is 25.7 Å². The molecule has 0 spiro atoms. The second-order valence-corrected chi connectivity index (χ2v) is 3.20. The van der Waals surface area contributed by atoms with Crippen LogP contribution in [0, 0.1) is 0 Å². The van der Waals surface area contributed by atoms with E-state index in [9.17, 15) is 0 Å². The maximum Gasteiger partial charge on any atom is 0.0757 e. The Balaban J connectivity index is 2.23.